The van der Waals surface area contributed by atoms with Crippen molar-refractivity contribution in [3.8, 4) is 5.75 Å². The predicted molar refractivity (Wildman–Crippen MR) is 119 cm³/mol. The number of nitrogens with zero attached hydrogens (tertiary/aromatic N) is 1. The van der Waals surface area contributed by atoms with Gasteiger partial charge in [0.2, 0.25) is 0 Å². The number of amides is 1. The normalized spacial score (nSPS) is 11.5. The number of hydrogen-bond acceptors (Lipinski definition) is 4. The first-order chi connectivity index (χ1) is 14.5. The van der Waals surface area contributed by atoms with E-state index in [0.717, 1.165) is 0 Å². The summed E-state index contributed by atoms with van der Waals surface area (Å²) >= 11 is 12.4. The highest BCUT2D eigenvalue weighted by Crippen LogP contribution is 2.34. The lowest BCUT2D eigenvalue weighted by Gasteiger charge is -2.27. The molecule has 0 spiro atoms. The molecule has 3 aromatic rings. The number of hydrogen-bond donors (Lipinski definition) is 2. The Labute approximate surface area is 184 Å². The molecule has 0 aliphatic rings. The number of benzene rings is 3. The fourth-order valence-electron chi connectivity index (χ4n) is 2.97. The molecule has 5 nitrogen and oxygen atoms in total. The molecule has 0 fully saturated rings. The Morgan fingerprint density at radius 1 is 1.03 bits per heavy atom. The molecular formula is C23H20Cl2N2O3. The van der Waals surface area contributed by atoms with Crippen molar-refractivity contribution in [1.29, 1.82) is 0 Å². The molecule has 0 saturated heterocycles. The summed E-state index contributed by atoms with van der Waals surface area (Å²) in [5.74, 6) is -0.302. The third kappa shape index (κ3) is 4.65. The second-order valence-electron chi connectivity index (χ2n) is 6.39. The number of ether oxygens (including phenoxy) is 1. The minimum absolute atomic E-state index is 0.335. The van der Waals surface area contributed by atoms with E-state index < -0.39 is 11.5 Å². The van der Waals surface area contributed by atoms with Gasteiger partial charge >= 0.3 is 0 Å². The highest BCUT2D eigenvalue weighted by Gasteiger charge is 2.39. The van der Waals surface area contributed by atoms with Gasteiger partial charge in [-0.2, -0.15) is 5.10 Å². The van der Waals surface area contributed by atoms with Crippen LogP contribution >= 0.6 is 23.2 Å². The molecule has 3 rings (SSSR count). The first kappa shape index (κ1) is 21.8. The quantitative estimate of drug-likeness (QED) is 0.408. The molecule has 0 atom stereocenters. The largest absolute Gasteiger partial charge is 0.491 e. The maximum atomic E-state index is 13.0. The van der Waals surface area contributed by atoms with Crippen molar-refractivity contribution in [2.75, 3.05) is 6.61 Å². The molecule has 0 aromatic heterocycles. The van der Waals surface area contributed by atoms with Gasteiger partial charge < -0.3 is 9.84 Å². The Hall–Kier alpha value is -2.86. The van der Waals surface area contributed by atoms with Crippen LogP contribution in [0.15, 0.2) is 77.9 Å². The van der Waals surface area contributed by atoms with Gasteiger partial charge in [0.1, 0.15) is 0 Å². The van der Waals surface area contributed by atoms with Gasteiger partial charge in [0, 0.05) is 0 Å². The lowest BCUT2D eigenvalue weighted by atomic mass is 9.85. The zero-order valence-corrected chi connectivity index (χ0v) is 17.7. The van der Waals surface area contributed by atoms with Gasteiger partial charge in [-0.3, -0.25) is 4.79 Å². The van der Waals surface area contributed by atoms with E-state index in [-0.39, 0.29) is 0 Å². The Morgan fingerprint density at radius 2 is 1.53 bits per heavy atom. The molecule has 154 valence electrons. The molecule has 0 radical (unpaired) electrons. The number of carbonyl (C=O) groups excluding carboxylic acids is 1. The second kappa shape index (κ2) is 9.76. The molecule has 0 aliphatic carbocycles. The van der Waals surface area contributed by atoms with E-state index in [4.69, 9.17) is 27.9 Å². The lowest BCUT2D eigenvalue weighted by molar-refractivity contribution is -0.136. The van der Waals surface area contributed by atoms with E-state index in [1.165, 1.54) is 6.21 Å². The van der Waals surface area contributed by atoms with Crippen molar-refractivity contribution < 1.29 is 14.6 Å². The molecule has 0 saturated carbocycles. The number of hydrazone groups is 1. The van der Waals surface area contributed by atoms with Crippen molar-refractivity contribution in [3.63, 3.8) is 0 Å². The number of nitrogens with one attached hydrogen (secondary N) is 1. The maximum absolute atomic E-state index is 13.0. The fourth-order valence-corrected chi connectivity index (χ4v) is 3.58. The summed E-state index contributed by atoms with van der Waals surface area (Å²) in [4.78, 5) is 13.0. The van der Waals surface area contributed by atoms with Crippen molar-refractivity contribution in [3.05, 3.63) is 99.5 Å². The van der Waals surface area contributed by atoms with Crippen molar-refractivity contribution >= 4 is 35.3 Å². The number of carbonyl (C=O) groups is 1. The lowest BCUT2D eigenvalue weighted by Crippen LogP contribution is -2.43. The van der Waals surface area contributed by atoms with Crippen molar-refractivity contribution in [2.24, 2.45) is 5.10 Å². The van der Waals surface area contributed by atoms with E-state index in [1.54, 1.807) is 60.7 Å². The van der Waals surface area contributed by atoms with Crippen LogP contribution < -0.4 is 10.2 Å². The van der Waals surface area contributed by atoms with Gasteiger partial charge in [-0.25, -0.2) is 5.43 Å². The van der Waals surface area contributed by atoms with Crippen LogP contribution in [0.4, 0.5) is 0 Å². The van der Waals surface area contributed by atoms with Gasteiger partial charge in [-0.15, -0.1) is 0 Å². The van der Waals surface area contributed by atoms with Crippen LogP contribution in [0.5, 0.6) is 5.75 Å². The number of rotatable bonds is 7. The van der Waals surface area contributed by atoms with E-state index in [0.29, 0.717) is 39.1 Å². The van der Waals surface area contributed by atoms with E-state index in [9.17, 15) is 9.90 Å². The average Bonchev–Trinajstić information content (AvgIpc) is 2.77. The molecule has 0 unspecified atom stereocenters. The first-order valence-corrected chi connectivity index (χ1v) is 10.0. The smallest absolute Gasteiger partial charge is 0.281 e. The van der Waals surface area contributed by atoms with Crippen LogP contribution in [0, 0.1) is 0 Å². The second-order valence-corrected chi connectivity index (χ2v) is 7.20. The standard InChI is InChI=1S/C23H20Cl2N2O3/c1-2-30-21-19(24)13-16(14-20(21)25)15-26-27-22(28)23(29,17-9-5-3-6-10-17)18-11-7-4-8-12-18/h3-15,29H,2H2,1H3,(H,27,28)/b26-15+. The number of aliphatic hydroxyl groups is 1. The van der Waals surface area contributed by atoms with Crippen LogP contribution in [0.1, 0.15) is 23.6 Å². The van der Waals surface area contributed by atoms with Crippen molar-refractivity contribution in [1.82, 2.24) is 5.43 Å². The minimum atomic E-state index is -1.91. The van der Waals surface area contributed by atoms with Gasteiger partial charge in [-0.05, 0) is 35.7 Å². The first-order valence-electron chi connectivity index (χ1n) is 9.25. The van der Waals surface area contributed by atoms with Crippen molar-refractivity contribution in [2.45, 2.75) is 12.5 Å². The maximum Gasteiger partial charge on any atom is 0.281 e. The molecule has 7 heteroatoms. The Morgan fingerprint density at radius 3 is 2.00 bits per heavy atom. The summed E-state index contributed by atoms with van der Waals surface area (Å²) in [5, 5.41) is 16.0. The van der Waals surface area contributed by atoms with Crippen LogP contribution in [-0.2, 0) is 10.4 Å². The highest BCUT2D eigenvalue weighted by atomic mass is 35.5. The van der Waals surface area contributed by atoms with Crippen LogP contribution in [0.3, 0.4) is 0 Å². The molecule has 0 heterocycles. The Balaban J connectivity index is 1.86. The Kier molecular flexibility index (Phi) is 7.11. The molecule has 2 N–H and O–H groups in total. The summed E-state index contributed by atoms with van der Waals surface area (Å²) < 4.78 is 5.40. The third-order valence-corrected chi connectivity index (χ3v) is 4.96. The van der Waals surface area contributed by atoms with Gasteiger partial charge in [-0.1, -0.05) is 83.9 Å². The molecule has 30 heavy (non-hydrogen) atoms. The van der Waals surface area contributed by atoms with E-state index >= 15 is 0 Å². The summed E-state index contributed by atoms with van der Waals surface area (Å²) in [6.45, 7) is 2.26. The van der Waals surface area contributed by atoms with Gasteiger partial charge in [0.15, 0.2) is 11.4 Å². The van der Waals surface area contributed by atoms with Crippen LogP contribution in [0.25, 0.3) is 0 Å². The molecule has 1 amide bonds. The Bertz CT molecular complexity index is 978. The molecule has 0 bridgehead atoms. The zero-order chi connectivity index (χ0) is 21.6. The summed E-state index contributed by atoms with van der Waals surface area (Å²) in [7, 11) is 0. The van der Waals surface area contributed by atoms with Gasteiger partial charge in [0.25, 0.3) is 5.91 Å². The number of halogens is 2. The van der Waals surface area contributed by atoms with Crippen LogP contribution in [-0.4, -0.2) is 23.8 Å². The van der Waals surface area contributed by atoms with Gasteiger partial charge in [0.05, 0.1) is 22.9 Å². The summed E-state index contributed by atoms with van der Waals surface area (Å²) in [5.41, 5.74) is 1.92. The van der Waals surface area contributed by atoms with E-state index in [2.05, 4.69) is 10.5 Å². The zero-order valence-electron chi connectivity index (χ0n) is 16.2. The summed E-state index contributed by atoms with van der Waals surface area (Å²) in [6.07, 6.45) is 1.39. The predicted octanol–water partition coefficient (Wildman–Crippen LogP) is 4.78. The average molecular weight is 443 g/mol. The fraction of sp³-hybridized carbons (Fsp3) is 0.130. The summed E-state index contributed by atoms with van der Waals surface area (Å²) in [6, 6.07) is 20.6. The third-order valence-electron chi connectivity index (χ3n) is 4.40. The minimum Gasteiger partial charge on any atom is -0.491 e. The molecule has 0 aliphatic heterocycles. The highest BCUT2D eigenvalue weighted by molar-refractivity contribution is 6.37. The van der Waals surface area contributed by atoms with Crippen LogP contribution in [0.2, 0.25) is 10.0 Å². The van der Waals surface area contributed by atoms with E-state index in [1.807, 2.05) is 19.1 Å². The topological polar surface area (TPSA) is 70.9 Å². The molecule has 3 aromatic carbocycles. The SMILES string of the molecule is CCOc1c(Cl)cc(/C=N/NC(=O)C(O)(c2ccccc2)c2ccccc2)cc1Cl. The molecular weight excluding hydrogens is 423 g/mol. The monoisotopic (exact) mass is 442 g/mol.